The van der Waals surface area contributed by atoms with Crippen molar-refractivity contribution < 1.29 is 19.4 Å². The maximum atomic E-state index is 10.6. The minimum Gasteiger partial charge on any atom is -0.481 e. The Kier molecular flexibility index (Phi) is 2.33. The van der Waals surface area contributed by atoms with Crippen LogP contribution in [0.15, 0.2) is 0 Å². The van der Waals surface area contributed by atoms with E-state index in [0.29, 0.717) is 13.2 Å². The smallest absolute Gasteiger partial charge is 0.303 e. The first kappa shape index (κ1) is 9.43. The van der Waals surface area contributed by atoms with E-state index in [4.69, 9.17) is 14.6 Å². The molecular weight excluding hydrogens is 240 g/mol. The molecule has 2 rings (SSSR count). The number of fused-ring (bicyclic) bond motifs is 1. The Hall–Kier alpha value is -0.130. The average molecular weight is 251 g/mol. The summed E-state index contributed by atoms with van der Waals surface area (Å²) in [4.78, 5) is 10.6. The molecule has 3 atom stereocenters. The van der Waals surface area contributed by atoms with Gasteiger partial charge in [0.2, 0.25) is 0 Å². The highest BCUT2D eigenvalue weighted by Gasteiger charge is 2.54. The number of aliphatic carboxylic acids is 1. The van der Waals surface area contributed by atoms with E-state index in [1.807, 2.05) is 0 Å². The maximum absolute atomic E-state index is 10.6. The summed E-state index contributed by atoms with van der Waals surface area (Å²) in [6, 6.07) is 0. The molecule has 2 heterocycles. The van der Waals surface area contributed by atoms with Crippen molar-refractivity contribution in [3.8, 4) is 0 Å². The second kappa shape index (κ2) is 3.22. The molecule has 0 saturated carbocycles. The van der Waals surface area contributed by atoms with Gasteiger partial charge in [-0.05, 0) is 6.42 Å². The SMILES string of the molecule is O=C(O)C[C@@H]1CO[C@@H]2OCC[C@]12Br. The second-order valence-corrected chi connectivity index (χ2v) is 4.98. The summed E-state index contributed by atoms with van der Waals surface area (Å²) in [6.07, 6.45) is 0.720. The largest absolute Gasteiger partial charge is 0.481 e. The number of rotatable bonds is 2. The van der Waals surface area contributed by atoms with Gasteiger partial charge in [0.05, 0.1) is 24.0 Å². The maximum Gasteiger partial charge on any atom is 0.303 e. The molecular formula is C8H11BrO4. The second-order valence-electron chi connectivity index (χ2n) is 3.51. The van der Waals surface area contributed by atoms with Crippen LogP contribution in [-0.4, -0.2) is 34.9 Å². The molecule has 5 heteroatoms. The van der Waals surface area contributed by atoms with Crippen molar-refractivity contribution in [2.24, 2.45) is 5.92 Å². The molecule has 13 heavy (non-hydrogen) atoms. The van der Waals surface area contributed by atoms with Gasteiger partial charge in [-0.3, -0.25) is 4.79 Å². The summed E-state index contributed by atoms with van der Waals surface area (Å²) in [6.45, 7) is 1.12. The van der Waals surface area contributed by atoms with Gasteiger partial charge in [-0.15, -0.1) is 0 Å². The van der Waals surface area contributed by atoms with E-state index >= 15 is 0 Å². The summed E-state index contributed by atoms with van der Waals surface area (Å²) < 4.78 is 10.4. The van der Waals surface area contributed by atoms with Crippen LogP contribution < -0.4 is 0 Å². The summed E-state index contributed by atoms with van der Waals surface area (Å²) >= 11 is 3.55. The molecule has 0 aromatic carbocycles. The highest BCUT2D eigenvalue weighted by molar-refractivity contribution is 9.10. The van der Waals surface area contributed by atoms with Crippen LogP contribution in [0.2, 0.25) is 0 Å². The zero-order valence-electron chi connectivity index (χ0n) is 7.03. The average Bonchev–Trinajstić information content (AvgIpc) is 2.51. The molecule has 0 bridgehead atoms. The van der Waals surface area contributed by atoms with E-state index in [1.165, 1.54) is 0 Å². The van der Waals surface area contributed by atoms with Crippen molar-refractivity contribution in [3.63, 3.8) is 0 Å². The number of carboxylic acid groups (broad SMARTS) is 1. The lowest BCUT2D eigenvalue weighted by Gasteiger charge is -2.23. The predicted octanol–water partition coefficient (Wildman–Crippen LogP) is 0.988. The minimum atomic E-state index is -0.778. The Bertz CT molecular complexity index is 232. The van der Waals surface area contributed by atoms with Crippen LogP contribution >= 0.6 is 15.9 Å². The molecule has 0 aromatic heterocycles. The van der Waals surface area contributed by atoms with Gasteiger partial charge >= 0.3 is 5.97 Å². The summed E-state index contributed by atoms with van der Waals surface area (Å²) in [5.74, 6) is -0.752. The van der Waals surface area contributed by atoms with Crippen molar-refractivity contribution in [3.05, 3.63) is 0 Å². The first-order valence-corrected chi connectivity index (χ1v) is 5.06. The van der Waals surface area contributed by atoms with Crippen molar-refractivity contribution in [1.29, 1.82) is 0 Å². The highest BCUT2D eigenvalue weighted by Crippen LogP contribution is 2.47. The standard InChI is InChI=1S/C8H11BrO4/c9-8-1-2-12-7(8)13-4-5(8)3-6(10)11/h5,7H,1-4H2,(H,10,11)/t5-,7+,8+/m1/s1. The van der Waals surface area contributed by atoms with Crippen LogP contribution in [0.5, 0.6) is 0 Å². The molecule has 1 N–H and O–H groups in total. The van der Waals surface area contributed by atoms with E-state index in [0.717, 1.165) is 6.42 Å². The van der Waals surface area contributed by atoms with Crippen molar-refractivity contribution in [1.82, 2.24) is 0 Å². The van der Waals surface area contributed by atoms with Gasteiger partial charge in [0, 0.05) is 5.92 Å². The van der Waals surface area contributed by atoms with Gasteiger partial charge in [-0.25, -0.2) is 0 Å². The van der Waals surface area contributed by atoms with Gasteiger partial charge in [-0.2, -0.15) is 0 Å². The summed E-state index contributed by atoms with van der Waals surface area (Å²) in [7, 11) is 0. The Labute approximate surface area is 84.3 Å². The van der Waals surface area contributed by atoms with Gasteiger partial charge in [0.15, 0.2) is 6.29 Å². The van der Waals surface area contributed by atoms with E-state index < -0.39 is 5.97 Å². The monoisotopic (exact) mass is 250 g/mol. The summed E-state index contributed by atoms with van der Waals surface area (Å²) in [5, 5.41) is 8.69. The lowest BCUT2D eigenvalue weighted by molar-refractivity contribution is -0.138. The minimum absolute atomic E-state index is 0.0255. The third-order valence-corrected chi connectivity index (χ3v) is 4.11. The van der Waals surface area contributed by atoms with Crippen molar-refractivity contribution in [2.45, 2.75) is 23.5 Å². The number of hydrogen-bond donors (Lipinski definition) is 1. The highest BCUT2D eigenvalue weighted by atomic mass is 79.9. The lowest BCUT2D eigenvalue weighted by Crippen LogP contribution is -2.34. The predicted molar refractivity (Wildman–Crippen MR) is 47.7 cm³/mol. The van der Waals surface area contributed by atoms with Crippen molar-refractivity contribution in [2.75, 3.05) is 13.2 Å². The Morgan fingerprint density at radius 2 is 2.38 bits per heavy atom. The zero-order valence-corrected chi connectivity index (χ0v) is 8.62. The summed E-state index contributed by atoms with van der Waals surface area (Å²) in [5.41, 5.74) is 0. The molecule has 0 radical (unpaired) electrons. The fraction of sp³-hybridized carbons (Fsp3) is 0.875. The number of carbonyl (C=O) groups is 1. The van der Waals surface area contributed by atoms with Crippen LogP contribution in [0.4, 0.5) is 0 Å². The van der Waals surface area contributed by atoms with Crippen molar-refractivity contribution >= 4 is 21.9 Å². The Morgan fingerprint density at radius 3 is 3.08 bits per heavy atom. The molecule has 2 aliphatic rings. The van der Waals surface area contributed by atoms with Crippen LogP contribution in [-0.2, 0) is 14.3 Å². The number of ether oxygens (including phenoxy) is 2. The molecule has 2 fully saturated rings. The quantitative estimate of drug-likeness (QED) is 0.743. The van der Waals surface area contributed by atoms with Gasteiger partial charge in [-0.1, -0.05) is 15.9 Å². The van der Waals surface area contributed by atoms with Gasteiger partial charge in [0.1, 0.15) is 0 Å². The Balaban J connectivity index is 2.09. The molecule has 0 aliphatic carbocycles. The van der Waals surface area contributed by atoms with Gasteiger partial charge in [0.25, 0.3) is 0 Å². The van der Waals surface area contributed by atoms with Crippen LogP contribution in [0.1, 0.15) is 12.8 Å². The fourth-order valence-corrected chi connectivity index (χ4v) is 2.66. The zero-order chi connectivity index (χ0) is 9.47. The third-order valence-electron chi connectivity index (χ3n) is 2.69. The molecule has 0 spiro atoms. The molecule has 0 aromatic rings. The number of hydrogen-bond acceptors (Lipinski definition) is 3. The number of carboxylic acids is 1. The van der Waals surface area contributed by atoms with Crippen LogP contribution in [0.3, 0.4) is 0 Å². The number of halogens is 1. The first-order chi connectivity index (χ1) is 6.13. The van der Waals surface area contributed by atoms with E-state index in [2.05, 4.69) is 15.9 Å². The molecule has 4 nitrogen and oxygen atoms in total. The van der Waals surface area contributed by atoms with E-state index in [-0.39, 0.29) is 23.0 Å². The third kappa shape index (κ3) is 1.49. The van der Waals surface area contributed by atoms with Gasteiger partial charge < -0.3 is 14.6 Å². The lowest BCUT2D eigenvalue weighted by atomic mass is 9.90. The topological polar surface area (TPSA) is 55.8 Å². The van der Waals surface area contributed by atoms with E-state index in [1.54, 1.807) is 0 Å². The molecule has 2 saturated heterocycles. The Morgan fingerprint density at radius 1 is 1.62 bits per heavy atom. The number of alkyl halides is 1. The molecule has 0 unspecified atom stereocenters. The first-order valence-electron chi connectivity index (χ1n) is 4.27. The normalized spacial score (nSPS) is 43.5. The van der Waals surface area contributed by atoms with E-state index in [9.17, 15) is 4.79 Å². The van der Waals surface area contributed by atoms with Crippen LogP contribution in [0, 0.1) is 5.92 Å². The molecule has 74 valence electrons. The molecule has 0 amide bonds. The molecule has 2 aliphatic heterocycles. The fourth-order valence-electron chi connectivity index (χ4n) is 1.94. The van der Waals surface area contributed by atoms with Crippen LogP contribution in [0.25, 0.3) is 0 Å².